The van der Waals surface area contributed by atoms with Crippen LogP contribution in [-0.2, 0) is 9.47 Å². The highest BCUT2D eigenvalue weighted by Crippen LogP contribution is 2.36. The molecule has 1 saturated carbocycles. The highest BCUT2D eigenvalue weighted by Gasteiger charge is 2.38. The molecule has 2 aliphatic rings. The summed E-state index contributed by atoms with van der Waals surface area (Å²) in [5.41, 5.74) is -0.0498. The molecule has 4 unspecified atom stereocenters. The van der Waals surface area contributed by atoms with Gasteiger partial charge in [0, 0.05) is 6.61 Å². The lowest BCUT2D eigenvalue weighted by Crippen LogP contribution is -2.43. The summed E-state index contributed by atoms with van der Waals surface area (Å²) in [7, 11) is 0. The van der Waals surface area contributed by atoms with Crippen molar-refractivity contribution in [2.45, 2.75) is 64.6 Å². The fourth-order valence-electron chi connectivity index (χ4n) is 2.76. The van der Waals surface area contributed by atoms with Crippen LogP contribution in [-0.4, -0.2) is 24.9 Å². The molecule has 0 aromatic carbocycles. The number of ether oxygens (including phenoxy) is 2. The summed E-state index contributed by atoms with van der Waals surface area (Å²) in [5.74, 6) is 1.66. The van der Waals surface area contributed by atoms with Gasteiger partial charge < -0.3 is 9.47 Å². The quantitative estimate of drug-likeness (QED) is 0.715. The molecule has 4 atom stereocenters. The number of rotatable bonds is 5. The van der Waals surface area contributed by atoms with Gasteiger partial charge in [-0.25, -0.2) is 0 Å². The number of hydrogen-bond donors (Lipinski definition) is 0. The van der Waals surface area contributed by atoms with E-state index in [9.17, 15) is 0 Å². The van der Waals surface area contributed by atoms with Crippen LogP contribution >= 0.6 is 0 Å². The van der Waals surface area contributed by atoms with Crippen LogP contribution in [0, 0.1) is 11.8 Å². The second-order valence-corrected chi connectivity index (χ2v) is 5.79. The zero-order valence-corrected chi connectivity index (χ0v) is 11.0. The van der Waals surface area contributed by atoms with Crippen molar-refractivity contribution in [2.24, 2.45) is 11.8 Å². The van der Waals surface area contributed by atoms with E-state index >= 15 is 0 Å². The predicted molar refractivity (Wildman–Crippen MR) is 65.5 cm³/mol. The standard InChI is InChI=1S/C14H26O2/c1-4-14(3,13-6-5-9-15-13)16-10-12-8-7-11(12)2/h11-13H,4-10H2,1-3H3. The Labute approximate surface area is 99.7 Å². The van der Waals surface area contributed by atoms with Gasteiger partial charge in [-0.05, 0) is 44.4 Å². The van der Waals surface area contributed by atoms with Crippen molar-refractivity contribution in [1.82, 2.24) is 0 Å². The van der Waals surface area contributed by atoms with Gasteiger partial charge in [-0.3, -0.25) is 0 Å². The Morgan fingerprint density at radius 3 is 2.56 bits per heavy atom. The zero-order valence-electron chi connectivity index (χ0n) is 11.0. The van der Waals surface area contributed by atoms with E-state index in [1.54, 1.807) is 0 Å². The Bertz CT molecular complexity index is 223. The van der Waals surface area contributed by atoms with E-state index in [2.05, 4.69) is 20.8 Å². The minimum atomic E-state index is -0.0498. The second-order valence-electron chi connectivity index (χ2n) is 5.79. The van der Waals surface area contributed by atoms with E-state index < -0.39 is 0 Å². The fourth-order valence-corrected chi connectivity index (χ4v) is 2.76. The lowest BCUT2D eigenvalue weighted by Gasteiger charge is -2.39. The van der Waals surface area contributed by atoms with Gasteiger partial charge in [0.2, 0.25) is 0 Å². The summed E-state index contributed by atoms with van der Waals surface area (Å²) < 4.78 is 12.0. The largest absolute Gasteiger partial charge is 0.375 e. The molecule has 0 spiro atoms. The Hall–Kier alpha value is -0.0800. The molecule has 0 radical (unpaired) electrons. The van der Waals surface area contributed by atoms with Gasteiger partial charge in [-0.15, -0.1) is 0 Å². The van der Waals surface area contributed by atoms with E-state index in [4.69, 9.17) is 9.47 Å². The van der Waals surface area contributed by atoms with Crippen molar-refractivity contribution in [3.05, 3.63) is 0 Å². The van der Waals surface area contributed by atoms with Crippen LogP contribution in [0.25, 0.3) is 0 Å². The molecular formula is C14H26O2. The Morgan fingerprint density at radius 1 is 1.31 bits per heavy atom. The summed E-state index contributed by atoms with van der Waals surface area (Å²) >= 11 is 0. The van der Waals surface area contributed by atoms with Gasteiger partial charge in [0.05, 0.1) is 18.3 Å². The average Bonchev–Trinajstić information content (AvgIpc) is 2.81. The molecular weight excluding hydrogens is 200 g/mol. The maximum atomic E-state index is 6.21. The monoisotopic (exact) mass is 226 g/mol. The summed E-state index contributed by atoms with van der Waals surface area (Å²) in [6.07, 6.45) is 6.49. The Morgan fingerprint density at radius 2 is 2.12 bits per heavy atom. The van der Waals surface area contributed by atoms with E-state index in [0.717, 1.165) is 31.5 Å². The van der Waals surface area contributed by atoms with Gasteiger partial charge in [0.15, 0.2) is 0 Å². The number of hydrogen-bond acceptors (Lipinski definition) is 2. The van der Waals surface area contributed by atoms with E-state index in [-0.39, 0.29) is 5.60 Å². The topological polar surface area (TPSA) is 18.5 Å². The van der Waals surface area contributed by atoms with E-state index in [1.165, 1.54) is 25.7 Å². The first-order chi connectivity index (χ1) is 7.65. The normalized spacial score (nSPS) is 38.1. The van der Waals surface area contributed by atoms with Crippen molar-refractivity contribution in [3.63, 3.8) is 0 Å². The summed E-state index contributed by atoms with van der Waals surface area (Å²) in [5, 5.41) is 0. The third-order valence-corrected chi connectivity index (χ3v) is 4.74. The highest BCUT2D eigenvalue weighted by atomic mass is 16.6. The van der Waals surface area contributed by atoms with Crippen LogP contribution in [0.2, 0.25) is 0 Å². The van der Waals surface area contributed by atoms with Crippen molar-refractivity contribution < 1.29 is 9.47 Å². The van der Waals surface area contributed by atoms with Crippen LogP contribution in [0.1, 0.15) is 52.9 Å². The lowest BCUT2D eigenvalue weighted by molar-refractivity contribution is -0.139. The van der Waals surface area contributed by atoms with E-state index in [1.807, 2.05) is 0 Å². The van der Waals surface area contributed by atoms with Crippen molar-refractivity contribution in [2.75, 3.05) is 13.2 Å². The van der Waals surface area contributed by atoms with Gasteiger partial charge >= 0.3 is 0 Å². The van der Waals surface area contributed by atoms with Crippen LogP contribution in [0.5, 0.6) is 0 Å². The zero-order chi connectivity index (χ0) is 11.6. The van der Waals surface area contributed by atoms with Gasteiger partial charge in [-0.1, -0.05) is 20.3 Å². The smallest absolute Gasteiger partial charge is 0.0912 e. The molecule has 2 heteroatoms. The third-order valence-electron chi connectivity index (χ3n) is 4.74. The molecule has 94 valence electrons. The molecule has 1 heterocycles. The van der Waals surface area contributed by atoms with Crippen LogP contribution in [0.15, 0.2) is 0 Å². The highest BCUT2D eigenvalue weighted by molar-refractivity contribution is 4.88. The third kappa shape index (κ3) is 2.43. The second kappa shape index (κ2) is 5.05. The molecule has 16 heavy (non-hydrogen) atoms. The maximum Gasteiger partial charge on any atom is 0.0912 e. The average molecular weight is 226 g/mol. The molecule has 1 aliphatic carbocycles. The summed E-state index contributed by atoms with van der Waals surface area (Å²) in [6.45, 7) is 8.64. The molecule has 0 amide bonds. The molecule has 0 aromatic heterocycles. The maximum absolute atomic E-state index is 6.21. The molecule has 2 rings (SSSR count). The van der Waals surface area contributed by atoms with Gasteiger partial charge in [0.1, 0.15) is 0 Å². The SMILES string of the molecule is CCC(C)(OCC1CCC1C)C1CCCO1. The lowest BCUT2D eigenvalue weighted by atomic mass is 9.75. The Kier molecular flexibility index (Phi) is 3.91. The minimum Gasteiger partial charge on any atom is -0.375 e. The van der Waals surface area contributed by atoms with Gasteiger partial charge in [0.25, 0.3) is 0 Å². The molecule has 1 aliphatic heterocycles. The van der Waals surface area contributed by atoms with Crippen molar-refractivity contribution >= 4 is 0 Å². The molecule has 2 nitrogen and oxygen atoms in total. The molecule has 2 fully saturated rings. The first-order valence-corrected chi connectivity index (χ1v) is 6.91. The predicted octanol–water partition coefficient (Wildman–Crippen LogP) is 3.40. The van der Waals surface area contributed by atoms with Crippen molar-refractivity contribution in [3.8, 4) is 0 Å². The molecule has 0 aromatic rings. The van der Waals surface area contributed by atoms with Crippen LogP contribution < -0.4 is 0 Å². The minimum absolute atomic E-state index is 0.0498. The summed E-state index contributed by atoms with van der Waals surface area (Å²) in [6, 6.07) is 0. The first-order valence-electron chi connectivity index (χ1n) is 6.91. The molecule has 0 N–H and O–H groups in total. The molecule has 0 bridgehead atoms. The van der Waals surface area contributed by atoms with Crippen molar-refractivity contribution in [1.29, 1.82) is 0 Å². The molecule has 1 saturated heterocycles. The first kappa shape index (κ1) is 12.4. The van der Waals surface area contributed by atoms with Crippen LogP contribution in [0.4, 0.5) is 0 Å². The van der Waals surface area contributed by atoms with Gasteiger partial charge in [-0.2, -0.15) is 0 Å². The summed E-state index contributed by atoms with van der Waals surface area (Å²) in [4.78, 5) is 0. The van der Waals surface area contributed by atoms with Crippen LogP contribution in [0.3, 0.4) is 0 Å². The fraction of sp³-hybridized carbons (Fsp3) is 1.00. The Balaban J connectivity index is 1.83. The van der Waals surface area contributed by atoms with E-state index in [0.29, 0.717) is 6.10 Å².